The van der Waals surface area contributed by atoms with Gasteiger partial charge in [0, 0.05) is 6.20 Å². The van der Waals surface area contributed by atoms with Crippen LogP contribution in [0.1, 0.15) is 0 Å². The van der Waals surface area contributed by atoms with Crippen LogP contribution in [0.5, 0.6) is 5.75 Å². The van der Waals surface area contributed by atoms with Gasteiger partial charge in [0.05, 0.1) is 16.5 Å². The Kier molecular flexibility index (Phi) is 5.00. The number of pyridine rings is 1. The van der Waals surface area contributed by atoms with E-state index >= 15 is 0 Å². The molecular formula is C13H13ClN2O4S. The molecule has 0 unspecified atom stereocenters. The Morgan fingerprint density at radius 1 is 1.24 bits per heavy atom. The van der Waals surface area contributed by atoms with Crippen molar-refractivity contribution in [1.82, 2.24) is 4.98 Å². The van der Waals surface area contributed by atoms with Gasteiger partial charge >= 0.3 is 0 Å². The number of halogens is 1. The molecule has 0 aliphatic carbocycles. The summed E-state index contributed by atoms with van der Waals surface area (Å²) in [6, 6.07) is 8.94. The Morgan fingerprint density at radius 3 is 2.57 bits per heavy atom. The van der Waals surface area contributed by atoms with E-state index in [2.05, 4.69) is 9.71 Å². The van der Waals surface area contributed by atoms with Gasteiger partial charge in [-0.05, 0) is 36.4 Å². The SMILES string of the molecule is O=S(=O)(Nc1ncccc1Cl)c1ccc(OCCO)cc1. The number of nitrogens with one attached hydrogen (secondary N) is 1. The minimum Gasteiger partial charge on any atom is -0.491 e. The number of sulfonamides is 1. The predicted molar refractivity (Wildman–Crippen MR) is 79.1 cm³/mol. The van der Waals surface area contributed by atoms with E-state index in [1.54, 1.807) is 6.07 Å². The molecule has 0 aliphatic rings. The van der Waals surface area contributed by atoms with E-state index in [9.17, 15) is 8.42 Å². The van der Waals surface area contributed by atoms with Crippen molar-refractivity contribution in [3.8, 4) is 5.75 Å². The topological polar surface area (TPSA) is 88.5 Å². The first-order chi connectivity index (χ1) is 10.0. The molecule has 1 heterocycles. The second-order valence-corrected chi connectivity index (χ2v) is 6.07. The fourth-order valence-electron chi connectivity index (χ4n) is 1.53. The monoisotopic (exact) mass is 328 g/mol. The molecule has 0 amide bonds. The van der Waals surface area contributed by atoms with Crippen LogP contribution in [0.15, 0.2) is 47.5 Å². The molecule has 1 aromatic heterocycles. The number of aromatic nitrogens is 1. The van der Waals surface area contributed by atoms with Crippen LogP contribution < -0.4 is 9.46 Å². The van der Waals surface area contributed by atoms with Gasteiger partial charge in [-0.25, -0.2) is 13.4 Å². The highest BCUT2D eigenvalue weighted by atomic mass is 35.5. The highest BCUT2D eigenvalue weighted by Gasteiger charge is 2.16. The molecule has 0 aliphatic heterocycles. The lowest BCUT2D eigenvalue weighted by molar-refractivity contribution is 0.201. The molecule has 0 radical (unpaired) electrons. The molecule has 0 bridgehead atoms. The molecule has 0 saturated carbocycles. The van der Waals surface area contributed by atoms with Crippen LogP contribution in [0.25, 0.3) is 0 Å². The third-order valence-electron chi connectivity index (χ3n) is 2.48. The smallest absolute Gasteiger partial charge is 0.263 e. The summed E-state index contributed by atoms with van der Waals surface area (Å²) < 4.78 is 31.9. The quantitative estimate of drug-likeness (QED) is 0.845. The Balaban J connectivity index is 2.18. The lowest BCUT2D eigenvalue weighted by atomic mass is 10.3. The molecule has 0 spiro atoms. The third-order valence-corrected chi connectivity index (χ3v) is 4.14. The van der Waals surface area contributed by atoms with Gasteiger partial charge in [-0.2, -0.15) is 0 Å². The van der Waals surface area contributed by atoms with E-state index in [-0.39, 0.29) is 28.9 Å². The Bertz CT molecular complexity index is 704. The van der Waals surface area contributed by atoms with Gasteiger partial charge in [-0.15, -0.1) is 0 Å². The van der Waals surface area contributed by atoms with Crippen molar-refractivity contribution in [1.29, 1.82) is 0 Å². The van der Waals surface area contributed by atoms with Crippen LogP contribution in [0.4, 0.5) is 5.82 Å². The maximum Gasteiger partial charge on any atom is 0.263 e. The number of aliphatic hydroxyl groups is 1. The summed E-state index contributed by atoms with van der Waals surface area (Å²) >= 11 is 5.87. The Hall–Kier alpha value is -1.83. The van der Waals surface area contributed by atoms with E-state index in [4.69, 9.17) is 21.4 Å². The van der Waals surface area contributed by atoms with Gasteiger partial charge in [0.1, 0.15) is 12.4 Å². The molecule has 2 aromatic rings. The first-order valence-corrected chi connectivity index (χ1v) is 7.86. The molecule has 21 heavy (non-hydrogen) atoms. The van der Waals surface area contributed by atoms with E-state index in [0.29, 0.717) is 5.75 Å². The molecule has 0 saturated heterocycles. The number of nitrogens with zero attached hydrogens (tertiary/aromatic N) is 1. The van der Waals surface area contributed by atoms with E-state index in [1.165, 1.54) is 36.5 Å². The van der Waals surface area contributed by atoms with Crippen molar-refractivity contribution >= 4 is 27.4 Å². The number of hydrogen-bond donors (Lipinski definition) is 2. The molecule has 2 N–H and O–H groups in total. The molecule has 1 aromatic carbocycles. The molecular weight excluding hydrogens is 316 g/mol. The number of benzene rings is 1. The fourth-order valence-corrected chi connectivity index (χ4v) is 2.78. The van der Waals surface area contributed by atoms with Crippen LogP contribution in [0.2, 0.25) is 5.02 Å². The number of aliphatic hydroxyl groups excluding tert-OH is 1. The van der Waals surface area contributed by atoms with Crippen molar-refractivity contribution in [2.75, 3.05) is 17.9 Å². The summed E-state index contributed by atoms with van der Waals surface area (Å²) in [7, 11) is -3.77. The van der Waals surface area contributed by atoms with Crippen LogP contribution in [0, 0.1) is 0 Å². The standard InChI is InChI=1S/C13H13ClN2O4S/c14-12-2-1-7-15-13(12)16-21(18,19)11-5-3-10(4-6-11)20-9-8-17/h1-7,17H,8-9H2,(H,15,16). The van der Waals surface area contributed by atoms with E-state index in [0.717, 1.165) is 0 Å². The second-order valence-electron chi connectivity index (χ2n) is 3.98. The number of hydrogen-bond acceptors (Lipinski definition) is 5. The second kappa shape index (κ2) is 6.75. The maximum absolute atomic E-state index is 12.2. The first-order valence-electron chi connectivity index (χ1n) is 6.00. The van der Waals surface area contributed by atoms with E-state index < -0.39 is 10.0 Å². The van der Waals surface area contributed by atoms with E-state index in [1.807, 2.05) is 0 Å². The summed E-state index contributed by atoms with van der Waals surface area (Å²) in [5.41, 5.74) is 0. The van der Waals surface area contributed by atoms with Crippen molar-refractivity contribution < 1.29 is 18.3 Å². The summed E-state index contributed by atoms with van der Waals surface area (Å²) in [6.45, 7) is 0.0354. The van der Waals surface area contributed by atoms with Crippen LogP contribution in [-0.4, -0.2) is 31.7 Å². The molecule has 0 atom stereocenters. The predicted octanol–water partition coefficient (Wildman–Crippen LogP) is 1.91. The van der Waals surface area contributed by atoms with Crippen molar-refractivity contribution in [2.45, 2.75) is 4.90 Å². The molecule has 112 valence electrons. The van der Waals surface area contributed by atoms with Gasteiger partial charge < -0.3 is 9.84 Å². The number of rotatable bonds is 6. The van der Waals surface area contributed by atoms with Gasteiger partial charge in [0.25, 0.3) is 10.0 Å². The summed E-state index contributed by atoms with van der Waals surface area (Å²) in [6.07, 6.45) is 1.44. The van der Waals surface area contributed by atoms with Crippen LogP contribution in [0.3, 0.4) is 0 Å². The lowest BCUT2D eigenvalue weighted by Crippen LogP contribution is -2.14. The fraction of sp³-hybridized carbons (Fsp3) is 0.154. The maximum atomic E-state index is 12.2. The van der Waals surface area contributed by atoms with Crippen LogP contribution >= 0.6 is 11.6 Å². The van der Waals surface area contributed by atoms with Gasteiger partial charge in [-0.1, -0.05) is 11.6 Å². The molecule has 2 rings (SSSR count). The Labute approximate surface area is 127 Å². The Morgan fingerprint density at radius 2 is 1.95 bits per heavy atom. The zero-order chi connectivity index (χ0) is 15.3. The summed E-state index contributed by atoms with van der Waals surface area (Å²) in [5.74, 6) is 0.540. The van der Waals surface area contributed by atoms with Crippen molar-refractivity contribution in [3.63, 3.8) is 0 Å². The minimum atomic E-state index is -3.77. The van der Waals surface area contributed by atoms with Crippen molar-refractivity contribution in [3.05, 3.63) is 47.6 Å². The molecule has 8 heteroatoms. The highest BCUT2D eigenvalue weighted by molar-refractivity contribution is 7.92. The van der Waals surface area contributed by atoms with Gasteiger partial charge in [0.15, 0.2) is 5.82 Å². The average molecular weight is 329 g/mol. The van der Waals surface area contributed by atoms with Crippen molar-refractivity contribution in [2.24, 2.45) is 0 Å². The van der Waals surface area contributed by atoms with Gasteiger partial charge in [0.2, 0.25) is 0 Å². The number of ether oxygens (including phenoxy) is 1. The number of anilines is 1. The first kappa shape index (κ1) is 15.6. The third kappa shape index (κ3) is 4.07. The zero-order valence-corrected chi connectivity index (χ0v) is 12.4. The average Bonchev–Trinajstić information content (AvgIpc) is 2.48. The molecule has 6 nitrogen and oxygen atoms in total. The zero-order valence-electron chi connectivity index (χ0n) is 10.9. The summed E-state index contributed by atoms with van der Waals surface area (Å²) in [4.78, 5) is 3.93. The summed E-state index contributed by atoms with van der Waals surface area (Å²) in [5, 5.41) is 8.86. The highest BCUT2D eigenvalue weighted by Crippen LogP contribution is 2.22. The normalized spacial score (nSPS) is 11.1. The largest absolute Gasteiger partial charge is 0.491 e. The van der Waals surface area contributed by atoms with Gasteiger partial charge in [-0.3, -0.25) is 4.72 Å². The lowest BCUT2D eigenvalue weighted by Gasteiger charge is -2.09. The van der Waals surface area contributed by atoms with Crippen LogP contribution in [-0.2, 0) is 10.0 Å². The molecule has 0 fully saturated rings. The minimum absolute atomic E-state index is 0.0561.